The van der Waals surface area contributed by atoms with Crippen LogP contribution in [0.15, 0.2) is 4.79 Å². The van der Waals surface area contributed by atoms with Gasteiger partial charge in [-0.05, 0) is 11.3 Å². The number of amides is 3. The summed E-state index contributed by atoms with van der Waals surface area (Å²) in [5.41, 5.74) is 0. The van der Waals surface area contributed by atoms with E-state index in [1.807, 2.05) is 0 Å². The van der Waals surface area contributed by atoms with Gasteiger partial charge in [0, 0.05) is 14.1 Å². The number of carbonyl (C=O) groups is 2. The lowest BCUT2D eigenvalue weighted by Crippen LogP contribution is -2.31. The first kappa shape index (κ1) is 9.84. The van der Waals surface area contributed by atoms with Gasteiger partial charge in [0.1, 0.15) is 6.54 Å². The van der Waals surface area contributed by atoms with Gasteiger partial charge >= 0.3 is 10.9 Å². The molecule has 0 aliphatic carbocycles. The van der Waals surface area contributed by atoms with Crippen molar-refractivity contribution in [2.24, 2.45) is 7.05 Å². The van der Waals surface area contributed by atoms with E-state index in [1.165, 1.54) is 19.0 Å². The zero-order valence-electron chi connectivity index (χ0n) is 8.13. The Kier molecular flexibility index (Phi) is 2.07. The molecule has 1 aliphatic rings. The van der Waals surface area contributed by atoms with E-state index >= 15 is 0 Å². The minimum atomic E-state index is -0.450. The summed E-state index contributed by atoms with van der Waals surface area (Å²) in [6.07, 6.45) is 0. The number of aryl methyl sites for hydroxylation is 1. The first-order valence-electron chi connectivity index (χ1n) is 4.13. The number of hydrogen-bond acceptors (Lipinski definition) is 5. The molecular formula is C7H8N4O3S. The van der Waals surface area contributed by atoms with Gasteiger partial charge in [-0.25, -0.2) is 14.4 Å². The lowest BCUT2D eigenvalue weighted by atomic mass is 10.6. The molecule has 1 saturated heterocycles. The Morgan fingerprint density at radius 2 is 1.93 bits per heavy atom. The van der Waals surface area contributed by atoms with Gasteiger partial charge in [0.25, 0.3) is 5.91 Å². The number of rotatable bonds is 1. The average Bonchev–Trinajstić information content (AvgIpc) is 2.57. The Balaban J connectivity index is 2.43. The summed E-state index contributed by atoms with van der Waals surface area (Å²) in [6, 6.07) is -0.450. The molecule has 7 nitrogen and oxygen atoms in total. The summed E-state index contributed by atoms with van der Waals surface area (Å²) in [5.74, 6) is -0.364. The van der Waals surface area contributed by atoms with Crippen molar-refractivity contribution in [3.63, 3.8) is 0 Å². The van der Waals surface area contributed by atoms with Crippen molar-refractivity contribution in [3.05, 3.63) is 9.67 Å². The van der Waals surface area contributed by atoms with Crippen LogP contribution in [0, 0.1) is 0 Å². The first-order chi connectivity index (χ1) is 7.00. The van der Waals surface area contributed by atoms with E-state index in [1.54, 1.807) is 0 Å². The van der Waals surface area contributed by atoms with E-state index in [2.05, 4.69) is 5.10 Å². The quantitative estimate of drug-likeness (QED) is 0.592. The van der Waals surface area contributed by atoms with Crippen molar-refractivity contribution in [1.82, 2.24) is 14.7 Å². The highest BCUT2D eigenvalue weighted by molar-refractivity contribution is 7.13. The lowest BCUT2D eigenvalue weighted by molar-refractivity contribution is -0.116. The fraction of sp³-hybridized carbons (Fsp3) is 0.429. The lowest BCUT2D eigenvalue weighted by Gasteiger charge is -2.08. The maximum Gasteiger partial charge on any atom is 0.333 e. The molecule has 2 heterocycles. The van der Waals surface area contributed by atoms with Crippen LogP contribution < -0.4 is 9.77 Å². The number of likely N-dealkylation sites (N-methyl/N-ethyl adjacent to an activating group) is 1. The third-order valence-electron chi connectivity index (χ3n) is 2.01. The fourth-order valence-electron chi connectivity index (χ4n) is 1.23. The summed E-state index contributed by atoms with van der Waals surface area (Å²) in [5, 5.41) is 3.93. The molecule has 0 radical (unpaired) electrons. The molecule has 2 rings (SSSR count). The summed E-state index contributed by atoms with van der Waals surface area (Å²) in [6.45, 7) is 0.0241. The predicted octanol–water partition coefficient (Wildman–Crippen LogP) is -0.760. The smallest absolute Gasteiger partial charge is 0.318 e. The van der Waals surface area contributed by atoms with Crippen LogP contribution >= 0.6 is 11.3 Å². The molecule has 0 N–H and O–H groups in total. The largest absolute Gasteiger partial charge is 0.333 e. The summed E-state index contributed by atoms with van der Waals surface area (Å²) in [4.78, 5) is 36.0. The monoisotopic (exact) mass is 228 g/mol. The van der Waals surface area contributed by atoms with Gasteiger partial charge in [-0.2, -0.15) is 0 Å². The van der Waals surface area contributed by atoms with Gasteiger partial charge in [-0.3, -0.25) is 9.59 Å². The SMILES string of the molecule is CN1CC(=O)N(c2nn(C)c(=O)s2)C1=O. The predicted molar refractivity (Wildman–Crippen MR) is 52.9 cm³/mol. The highest BCUT2D eigenvalue weighted by Crippen LogP contribution is 2.19. The molecule has 1 aliphatic heterocycles. The molecule has 80 valence electrons. The van der Waals surface area contributed by atoms with E-state index < -0.39 is 6.03 Å². The average molecular weight is 228 g/mol. The maximum atomic E-state index is 11.5. The van der Waals surface area contributed by atoms with Crippen LogP contribution in [0.2, 0.25) is 0 Å². The molecule has 0 unspecified atom stereocenters. The topological polar surface area (TPSA) is 75.5 Å². The number of aromatic nitrogens is 2. The van der Waals surface area contributed by atoms with Crippen LogP contribution in [-0.4, -0.2) is 40.2 Å². The van der Waals surface area contributed by atoms with Gasteiger partial charge in [0.05, 0.1) is 0 Å². The van der Waals surface area contributed by atoms with E-state index in [0.29, 0.717) is 0 Å². The van der Waals surface area contributed by atoms with Crippen molar-refractivity contribution in [2.45, 2.75) is 0 Å². The van der Waals surface area contributed by atoms with Crippen LogP contribution in [0.25, 0.3) is 0 Å². The second-order valence-corrected chi connectivity index (χ2v) is 4.06. The molecular weight excluding hydrogens is 220 g/mol. The van der Waals surface area contributed by atoms with E-state index in [9.17, 15) is 14.4 Å². The van der Waals surface area contributed by atoms with Gasteiger partial charge in [0.2, 0.25) is 5.13 Å². The zero-order chi connectivity index (χ0) is 11.2. The normalized spacial score (nSPS) is 16.7. The molecule has 0 bridgehead atoms. The number of carbonyl (C=O) groups excluding carboxylic acids is 2. The zero-order valence-corrected chi connectivity index (χ0v) is 8.95. The maximum absolute atomic E-state index is 11.5. The third kappa shape index (κ3) is 1.42. The number of nitrogens with zero attached hydrogens (tertiary/aromatic N) is 4. The molecule has 15 heavy (non-hydrogen) atoms. The van der Waals surface area contributed by atoms with E-state index in [4.69, 9.17) is 0 Å². The van der Waals surface area contributed by atoms with Crippen molar-refractivity contribution in [2.75, 3.05) is 18.5 Å². The molecule has 0 aromatic carbocycles. The second-order valence-electron chi connectivity index (χ2n) is 3.14. The van der Waals surface area contributed by atoms with Crippen LogP contribution in [-0.2, 0) is 11.8 Å². The second kappa shape index (κ2) is 3.16. The molecule has 1 aromatic heterocycles. The third-order valence-corrected chi connectivity index (χ3v) is 2.89. The van der Waals surface area contributed by atoms with Gasteiger partial charge < -0.3 is 4.90 Å². The van der Waals surface area contributed by atoms with Crippen molar-refractivity contribution < 1.29 is 9.59 Å². The first-order valence-corrected chi connectivity index (χ1v) is 4.94. The van der Waals surface area contributed by atoms with Crippen LogP contribution in [0.1, 0.15) is 0 Å². The highest BCUT2D eigenvalue weighted by atomic mass is 32.1. The van der Waals surface area contributed by atoms with Crippen LogP contribution in [0.4, 0.5) is 9.93 Å². The van der Waals surface area contributed by atoms with Crippen molar-refractivity contribution >= 4 is 28.4 Å². The number of hydrogen-bond donors (Lipinski definition) is 0. The van der Waals surface area contributed by atoms with Crippen LogP contribution in [0.5, 0.6) is 0 Å². The van der Waals surface area contributed by atoms with Crippen molar-refractivity contribution in [3.8, 4) is 0 Å². The summed E-state index contributed by atoms with van der Waals surface area (Å²) in [7, 11) is 2.99. The molecule has 3 amide bonds. The number of anilines is 1. The van der Waals surface area contributed by atoms with E-state index in [0.717, 1.165) is 20.9 Å². The molecule has 8 heteroatoms. The fourth-order valence-corrected chi connectivity index (χ4v) is 1.99. The number of imide groups is 1. The molecule has 0 saturated carbocycles. The van der Waals surface area contributed by atoms with Gasteiger partial charge in [-0.15, -0.1) is 5.10 Å². The summed E-state index contributed by atoms with van der Waals surface area (Å²) >= 11 is 0.775. The Labute approximate surface area is 88.5 Å². The molecule has 1 fully saturated rings. The van der Waals surface area contributed by atoms with Gasteiger partial charge in [0.15, 0.2) is 0 Å². The van der Waals surface area contributed by atoms with Crippen molar-refractivity contribution in [1.29, 1.82) is 0 Å². The number of urea groups is 1. The van der Waals surface area contributed by atoms with E-state index in [-0.39, 0.29) is 22.5 Å². The van der Waals surface area contributed by atoms with Gasteiger partial charge in [-0.1, -0.05) is 0 Å². The van der Waals surface area contributed by atoms with Crippen LogP contribution in [0.3, 0.4) is 0 Å². The standard InChI is InChI=1S/C7H8N4O3S/c1-9-3-4(12)11(6(9)13)5-8-10(2)7(14)15-5/h3H2,1-2H3. The minimum Gasteiger partial charge on any atom is -0.318 e. The molecule has 1 aromatic rings. The molecule has 0 spiro atoms. The Morgan fingerprint density at radius 3 is 2.33 bits per heavy atom. The molecule has 0 atom stereocenters. The summed E-state index contributed by atoms with van der Waals surface area (Å²) < 4.78 is 1.10. The highest BCUT2D eigenvalue weighted by Gasteiger charge is 2.37. The Bertz CT molecular complexity index is 491. The Morgan fingerprint density at radius 1 is 1.27 bits per heavy atom. The minimum absolute atomic E-state index is 0.0241. The Hall–Kier alpha value is -1.70.